The first-order valence-corrected chi connectivity index (χ1v) is 8.32. The van der Waals surface area contributed by atoms with E-state index >= 15 is 0 Å². The van der Waals surface area contributed by atoms with Crippen molar-refractivity contribution in [2.45, 2.75) is 4.90 Å². The molecule has 20 heavy (non-hydrogen) atoms. The Hall–Kier alpha value is -2.02. The molecule has 0 aliphatic heterocycles. The molecule has 2 heterocycles. The fourth-order valence-corrected chi connectivity index (χ4v) is 4.37. The zero-order chi connectivity index (χ0) is 14.8. The van der Waals surface area contributed by atoms with Crippen molar-refractivity contribution in [2.75, 3.05) is 0 Å². The minimum Gasteiger partial charge on any atom is -0.258 e. The summed E-state index contributed by atoms with van der Waals surface area (Å²) in [6, 6.07) is 5.71. The zero-order valence-electron chi connectivity index (χ0n) is 9.72. The van der Waals surface area contributed by atoms with Gasteiger partial charge in [0.05, 0.1) is 9.82 Å². The summed E-state index contributed by atoms with van der Waals surface area (Å²) in [6.07, 6.45) is 1.14. The molecule has 0 bridgehead atoms. The maximum absolute atomic E-state index is 12.2. The van der Waals surface area contributed by atoms with Crippen LogP contribution in [0.3, 0.4) is 0 Å². The van der Waals surface area contributed by atoms with Gasteiger partial charge in [0.2, 0.25) is 9.84 Å². The van der Waals surface area contributed by atoms with Crippen molar-refractivity contribution >= 4 is 43.6 Å². The molecular weight excluding hydrogens is 320 g/mol. The summed E-state index contributed by atoms with van der Waals surface area (Å²) in [6.45, 7) is 0. The summed E-state index contributed by atoms with van der Waals surface area (Å²) >= 11 is 2.02. The fourth-order valence-electron chi connectivity index (χ4n) is 1.35. The van der Waals surface area contributed by atoms with Crippen LogP contribution in [0.25, 0.3) is 6.08 Å². The van der Waals surface area contributed by atoms with Gasteiger partial charge >= 0.3 is 5.00 Å². The highest BCUT2D eigenvalue weighted by Crippen LogP contribution is 2.28. The third-order valence-corrected chi connectivity index (χ3v) is 5.75. The van der Waals surface area contributed by atoms with Gasteiger partial charge in [0.25, 0.3) is 0 Å². The van der Waals surface area contributed by atoms with E-state index in [4.69, 9.17) is 5.26 Å². The van der Waals surface area contributed by atoms with E-state index in [9.17, 15) is 18.5 Å². The third kappa shape index (κ3) is 2.77. The number of rotatable bonds is 4. The lowest BCUT2D eigenvalue weighted by atomic mass is 10.4. The average Bonchev–Trinajstić information content (AvgIpc) is 3.06. The van der Waals surface area contributed by atoms with Crippen LogP contribution in [0.1, 0.15) is 4.88 Å². The molecule has 0 saturated carbocycles. The minimum atomic E-state index is -3.87. The Morgan fingerprint density at radius 1 is 1.40 bits per heavy atom. The van der Waals surface area contributed by atoms with Crippen molar-refractivity contribution in [3.8, 4) is 6.07 Å². The monoisotopic (exact) mass is 326 g/mol. The van der Waals surface area contributed by atoms with Crippen molar-refractivity contribution in [1.82, 2.24) is 0 Å². The number of hydrogen-bond acceptors (Lipinski definition) is 7. The molecule has 0 unspecified atom stereocenters. The largest absolute Gasteiger partial charge is 0.324 e. The number of sulfone groups is 1. The lowest BCUT2D eigenvalue weighted by Gasteiger charge is -1.98. The summed E-state index contributed by atoms with van der Waals surface area (Å²) < 4.78 is 24.3. The number of nitriles is 1. The van der Waals surface area contributed by atoms with Crippen LogP contribution in [0, 0.1) is 21.4 Å². The van der Waals surface area contributed by atoms with Gasteiger partial charge < -0.3 is 0 Å². The molecular formula is C11H6N2O4S3. The molecule has 0 saturated heterocycles. The molecule has 0 spiro atoms. The van der Waals surface area contributed by atoms with Gasteiger partial charge in [0, 0.05) is 16.3 Å². The van der Waals surface area contributed by atoms with Gasteiger partial charge in [-0.1, -0.05) is 11.3 Å². The van der Waals surface area contributed by atoms with Gasteiger partial charge in [0.15, 0.2) is 4.91 Å². The summed E-state index contributed by atoms with van der Waals surface area (Å²) in [4.78, 5) is 9.94. The van der Waals surface area contributed by atoms with Crippen LogP contribution in [0.4, 0.5) is 5.00 Å². The van der Waals surface area contributed by atoms with Crippen molar-refractivity contribution in [3.05, 3.63) is 48.9 Å². The van der Waals surface area contributed by atoms with Gasteiger partial charge in [-0.25, -0.2) is 8.42 Å². The van der Waals surface area contributed by atoms with Gasteiger partial charge in [-0.15, -0.1) is 0 Å². The van der Waals surface area contributed by atoms with E-state index < -0.39 is 19.7 Å². The van der Waals surface area contributed by atoms with Crippen LogP contribution in [-0.2, 0) is 9.84 Å². The van der Waals surface area contributed by atoms with Crippen molar-refractivity contribution in [3.63, 3.8) is 0 Å². The molecule has 0 aliphatic carbocycles. The van der Waals surface area contributed by atoms with Crippen LogP contribution in [0.15, 0.2) is 38.8 Å². The highest BCUT2D eigenvalue weighted by atomic mass is 32.2. The Labute approximate surface area is 122 Å². The Morgan fingerprint density at radius 2 is 2.15 bits per heavy atom. The summed E-state index contributed by atoms with van der Waals surface area (Å²) in [5.41, 5.74) is 0. The molecule has 0 atom stereocenters. The maximum atomic E-state index is 12.2. The van der Waals surface area contributed by atoms with E-state index in [-0.39, 0.29) is 9.90 Å². The first-order valence-electron chi connectivity index (χ1n) is 5.08. The van der Waals surface area contributed by atoms with Gasteiger partial charge in [-0.2, -0.15) is 16.6 Å². The van der Waals surface area contributed by atoms with E-state index in [1.807, 2.05) is 0 Å². The van der Waals surface area contributed by atoms with Crippen LogP contribution >= 0.6 is 22.7 Å². The number of thiophene rings is 2. The van der Waals surface area contributed by atoms with Crippen molar-refractivity contribution in [2.24, 2.45) is 0 Å². The Balaban J connectivity index is 2.45. The van der Waals surface area contributed by atoms with E-state index in [0.717, 1.165) is 17.4 Å². The first-order chi connectivity index (χ1) is 9.45. The molecule has 0 radical (unpaired) electrons. The van der Waals surface area contributed by atoms with E-state index in [2.05, 4.69) is 0 Å². The van der Waals surface area contributed by atoms with Crippen molar-refractivity contribution in [1.29, 1.82) is 5.26 Å². The Bertz CT molecular complexity index is 810. The van der Waals surface area contributed by atoms with Crippen LogP contribution in [0.5, 0.6) is 0 Å². The molecule has 6 nitrogen and oxygen atoms in total. The molecule has 2 rings (SSSR count). The zero-order valence-corrected chi connectivity index (χ0v) is 12.2. The topological polar surface area (TPSA) is 101 Å². The number of hydrogen-bond donors (Lipinski definition) is 0. The number of nitrogens with zero attached hydrogens (tertiary/aromatic N) is 2. The van der Waals surface area contributed by atoms with E-state index in [1.165, 1.54) is 34.9 Å². The predicted octanol–water partition coefficient (Wildman–Crippen LogP) is 3.06. The van der Waals surface area contributed by atoms with Gasteiger partial charge in [-0.3, -0.25) is 10.1 Å². The fraction of sp³-hybridized carbons (Fsp3) is 0. The highest BCUT2D eigenvalue weighted by Gasteiger charge is 2.21. The van der Waals surface area contributed by atoms with Gasteiger partial charge in [0.1, 0.15) is 6.07 Å². The second-order valence-electron chi connectivity index (χ2n) is 3.52. The molecule has 102 valence electrons. The smallest absolute Gasteiger partial charge is 0.258 e. The van der Waals surface area contributed by atoms with Crippen LogP contribution < -0.4 is 0 Å². The molecule has 2 aromatic heterocycles. The van der Waals surface area contributed by atoms with Crippen molar-refractivity contribution < 1.29 is 13.3 Å². The second kappa shape index (κ2) is 5.54. The SMILES string of the molecule is N#CC(=Cc1ccc([N+](=O)[O-])s1)S(=O)(=O)c1ccsc1. The molecule has 0 aliphatic rings. The Kier molecular flexibility index (Phi) is 3.99. The minimum absolute atomic E-state index is 0.0429. The van der Waals surface area contributed by atoms with Crippen LogP contribution in [0.2, 0.25) is 0 Å². The average molecular weight is 326 g/mol. The number of nitro groups is 1. The second-order valence-corrected chi connectivity index (χ2v) is 7.31. The quantitative estimate of drug-likeness (QED) is 0.488. The van der Waals surface area contributed by atoms with Gasteiger partial charge in [-0.05, 0) is 23.6 Å². The highest BCUT2D eigenvalue weighted by molar-refractivity contribution is 7.95. The van der Waals surface area contributed by atoms with Crippen LogP contribution in [-0.4, -0.2) is 13.3 Å². The maximum Gasteiger partial charge on any atom is 0.324 e. The third-order valence-electron chi connectivity index (χ3n) is 2.27. The number of allylic oxidation sites excluding steroid dienone is 1. The normalized spacial score (nSPS) is 12.1. The lowest BCUT2D eigenvalue weighted by molar-refractivity contribution is -0.380. The molecule has 2 aromatic rings. The summed E-state index contributed by atoms with van der Waals surface area (Å²) in [7, 11) is -3.87. The molecule has 0 aromatic carbocycles. The first kappa shape index (κ1) is 14.4. The lowest BCUT2D eigenvalue weighted by Crippen LogP contribution is -2.01. The Morgan fingerprint density at radius 3 is 2.65 bits per heavy atom. The molecule has 9 heteroatoms. The molecule has 0 fully saturated rings. The summed E-state index contributed by atoms with van der Waals surface area (Å²) in [5, 5.41) is 22.5. The van der Waals surface area contributed by atoms with E-state index in [1.54, 1.807) is 11.4 Å². The standard InChI is InChI=1S/C11H6N2O4S3/c12-6-10(20(16,17)9-3-4-18-7-9)5-8-1-2-11(19-8)13(14)15/h1-5,7H. The predicted molar refractivity (Wildman–Crippen MR) is 76.1 cm³/mol. The summed E-state index contributed by atoms with van der Waals surface area (Å²) in [5.74, 6) is 0. The molecule has 0 N–H and O–H groups in total. The molecule has 0 amide bonds. The van der Waals surface area contributed by atoms with E-state index in [0.29, 0.717) is 4.88 Å².